The maximum Gasteiger partial charge on any atom is 0.406 e. The molecule has 0 fully saturated rings. The molecule has 2 N–H and O–H groups in total. The fourth-order valence-electron chi connectivity index (χ4n) is 3.25. The standard InChI is InChI=1S/C24H32N2O8S/c1-29-17-11-15(7-9-25-23(27)33-5)21(13-19(17)31-3)35-22-14-20(32-4)18(30-2)12-16(22)8-10-26-24(28)34-6/h11-14H,7-10H2,1-6H3,(H,25,27)(H,26,28). The normalized spacial score (nSPS) is 10.2. The van der Waals surface area contributed by atoms with Gasteiger partial charge in [-0.1, -0.05) is 11.8 Å². The Morgan fingerprint density at radius 2 is 0.971 bits per heavy atom. The van der Waals surface area contributed by atoms with Crippen LogP contribution in [0, 0.1) is 0 Å². The molecule has 0 saturated carbocycles. The van der Waals surface area contributed by atoms with E-state index in [0.29, 0.717) is 48.9 Å². The van der Waals surface area contributed by atoms with Crippen molar-refractivity contribution in [2.75, 3.05) is 55.7 Å². The van der Waals surface area contributed by atoms with Gasteiger partial charge >= 0.3 is 12.2 Å². The summed E-state index contributed by atoms with van der Waals surface area (Å²) in [6.45, 7) is 0.745. The number of amides is 2. The van der Waals surface area contributed by atoms with E-state index in [1.54, 1.807) is 28.4 Å². The number of hydrogen-bond acceptors (Lipinski definition) is 9. The molecule has 11 heteroatoms. The first-order valence-electron chi connectivity index (χ1n) is 10.7. The number of carbonyl (C=O) groups is 2. The quantitative estimate of drug-likeness (QED) is 0.443. The largest absolute Gasteiger partial charge is 0.493 e. The van der Waals surface area contributed by atoms with Gasteiger partial charge in [0, 0.05) is 22.9 Å². The summed E-state index contributed by atoms with van der Waals surface area (Å²) in [5, 5.41) is 5.39. The molecule has 0 heterocycles. The van der Waals surface area contributed by atoms with Gasteiger partial charge in [0.2, 0.25) is 0 Å². The van der Waals surface area contributed by atoms with Crippen molar-refractivity contribution in [2.24, 2.45) is 0 Å². The van der Waals surface area contributed by atoms with Crippen LogP contribution in [0.2, 0.25) is 0 Å². The van der Waals surface area contributed by atoms with Gasteiger partial charge in [-0.25, -0.2) is 9.59 Å². The molecule has 2 aromatic rings. The zero-order chi connectivity index (χ0) is 25.8. The van der Waals surface area contributed by atoms with Crippen molar-refractivity contribution >= 4 is 23.9 Å². The molecule has 192 valence electrons. The number of rotatable bonds is 12. The smallest absolute Gasteiger partial charge is 0.406 e. The zero-order valence-electron chi connectivity index (χ0n) is 20.8. The lowest BCUT2D eigenvalue weighted by molar-refractivity contribution is 0.170. The minimum Gasteiger partial charge on any atom is -0.493 e. The Balaban J connectivity index is 2.45. The van der Waals surface area contributed by atoms with Gasteiger partial charge in [-0.2, -0.15) is 0 Å². The van der Waals surface area contributed by atoms with Crippen molar-refractivity contribution in [3.63, 3.8) is 0 Å². The minimum absolute atomic E-state index is 0.373. The van der Waals surface area contributed by atoms with Gasteiger partial charge in [-0.15, -0.1) is 0 Å². The van der Waals surface area contributed by atoms with E-state index < -0.39 is 12.2 Å². The Hall–Kier alpha value is -3.47. The van der Waals surface area contributed by atoms with Gasteiger partial charge in [0.15, 0.2) is 23.0 Å². The average Bonchev–Trinajstić information content (AvgIpc) is 2.88. The van der Waals surface area contributed by atoms with Crippen molar-refractivity contribution in [1.29, 1.82) is 0 Å². The molecule has 35 heavy (non-hydrogen) atoms. The second-order valence-corrected chi connectivity index (χ2v) is 8.15. The number of nitrogens with one attached hydrogen (secondary N) is 2. The Morgan fingerprint density at radius 3 is 1.29 bits per heavy atom. The summed E-state index contributed by atoms with van der Waals surface area (Å²) in [5.41, 5.74) is 1.88. The number of carbonyl (C=O) groups excluding carboxylic acids is 2. The van der Waals surface area contributed by atoms with E-state index in [-0.39, 0.29) is 0 Å². The van der Waals surface area contributed by atoms with E-state index >= 15 is 0 Å². The van der Waals surface area contributed by atoms with E-state index in [9.17, 15) is 9.59 Å². The molecular weight excluding hydrogens is 476 g/mol. The summed E-state index contributed by atoms with van der Waals surface area (Å²) < 4.78 is 31.3. The van der Waals surface area contributed by atoms with Crippen molar-refractivity contribution in [3.05, 3.63) is 35.4 Å². The molecule has 2 aromatic carbocycles. The molecule has 0 bridgehead atoms. The maximum absolute atomic E-state index is 11.5. The average molecular weight is 509 g/mol. The zero-order valence-corrected chi connectivity index (χ0v) is 21.6. The third-order valence-electron chi connectivity index (χ3n) is 5.05. The Morgan fingerprint density at radius 1 is 0.629 bits per heavy atom. The molecule has 0 saturated heterocycles. The van der Waals surface area contributed by atoms with Gasteiger partial charge < -0.3 is 39.1 Å². The SMILES string of the molecule is COC(=O)NCCc1cc(OC)c(OC)cc1Sc1cc(OC)c(OC)cc1CCNC(=O)OC. The van der Waals surface area contributed by atoms with Crippen LogP contribution in [0.1, 0.15) is 11.1 Å². The number of ether oxygens (including phenoxy) is 6. The summed E-state index contributed by atoms with van der Waals surface area (Å²) >= 11 is 1.51. The van der Waals surface area contributed by atoms with Crippen LogP contribution in [0.5, 0.6) is 23.0 Å². The Labute approximate surface area is 209 Å². The predicted molar refractivity (Wildman–Crippen MR) is 131 cm³/mol. The molecule has 0 spiro atoms. The van der Waals surface area contributed by atoms with E-state index in [1.807, 2.05) is 24.3 Å². The van der Waals surface area contributed by atoms with Gasteiger partial charge in [0.1, 0.15) is 0 Å². The van der Waals surface area contributed by atoms with Gasteiger partial charge in [0.25, 0.3) is 0 Å². The third-order valence-corrected chi connectivity index (χ3v) is 6.25. The van der Waals surface area contributed by atoms with Crippen LogP contribution in [-0.4, -0.2) is 67.9 Å². The van der Waals surface area contributed by atoms with Crippen LogP contribution >= 0.6 is 11.8 Å². The molecule has 2 amide bonds. The summed E-state index contributed by atoms with van der Waals surface area (Å²) in [6, 6.07) is 7.56. The Kier molecular flexibility index (Phi) is 11.1. The number of alkyl carbamates (subject to hydrolysis) is 2. The van der Waals surface area contributed by atoms with Gasteiger partial charge in [0.05, 0.1) is 42.7 Å². The van der Waals surface area contributed by atoms with Crippen molar-refractivity contribution in [1.82, 2.24) is 10.6 Å². The highest BCUT2D eigenvalue weighted by Crippen LogP contribution is 2.43. The lowest BCUT2D eigenvalue weighted by atomic mass is 10.1. The molecule has 0 aliphatic carbocycles. The number of methoxy groups -OCH3 is 6. The van der Waals surface area contributed by atoms with Crippen LogP contribution in [0.25, 0.3) is 0 Å². The molecule has 0 atom stereocenters. The second-order valence-electron chi connectivity index (χ2n) is 7.07. The lowest BCUT2D eigenvalue weighted by Crippen LogP contribution is -2.25. The fourth-order valence-corrected chi connectivity index (χ4v) is 4.40. The molecule has 2 rings (SSSR count). The topological polar surface area (TPSA) is 114 Å². The van der Waals surface area contributed by atoms with Crippen LogP contribution in [-0.2, 0) is 22.3 Å². The predicted octanol–water partition coefficient (Wildman–Crippen LogP) is 3.67. The highest BCUT2D eigenvalue weighted by Gasteiger charge is 2.17. The first kappa shape index (κ1) is 27.8. The number of benzene rings is 2. The molecule has 0 unspecified atom stereocenters. The lowest BCUT2D eigenvalue weighted by Gasteiger charge is -2.18. The van der Waals surface area contributed by atoms with Crippen LogP contribution in [0.15, 0.2) is 34.1 Å². The summed E-state index contributed by atoms with van der Waals surface area (Å²) in [4.78, 5) is 24.8. The molecule has 10 nitrogen and oxygen atoms in total. The molecule has 0 radical (unpaired) electrons. The van der Waals surface area contributed by atoms with E-state index in [4.69, 9.17) is 18.9 Å². The third kappa shape index (κ3) is 7.78. The van der Waals surface area contributed by atoms with Gasteiger partial charge in [-0.3, -0.25) is 0 Å². The minimum atomic E-state index is -0.500. The monoisotopic (exact) mass is 508 g/mol. The van der Waals surface area contributed by atoms with E-state index in [2.05, 4.69) is 20.1 Å². The highest BCUT2D eigenvalue weighted by molar-refractivity contribution is 7.99. The molecule has 0 aliphatic heterocycles. The van der Waals surface area contributed by atoms with Crippen LogP contribution < -0.4 is 29.6 Å². The van der Waals surface area contributed by atoms with Crippen molar-refractivity contribution in [2.45, 2.75) is 22.6 Å². The first-order chi connectivity index (χ1) is 16.9. The molecule has 0 aromatic heterocycles. The second kappa shape index (κ2) is 14.1. The molecule has 0 aliphatic rings. The van der Waals surface area contributed by atoms with Crippen LogP contribution in [0.3, 0.4) is 0 Å². The summed E-state index contributed by atoms with van der Waals surface area (Å²) in [7, 11) is 8.93. The van der Waals surface area contributed by atoms with Gasteiger partial charge in [-0.05, 0) is 48.2 Å². The fraction of sp³-hybridized carbons (Fsp3) is 0.417. The van der Waals surface area contributed by atoms with E-state index in [1.165, 1.54) is 26.0 Å². The van der Waals surface area contributed by atoms with Crippen LogP contribution in [0.4, 0.5) is 9.59 Å². The van der Waals surface area contributed by atoms with Crippen molar-refractivity contribution in [3.8, 4) is 23.0 Å². The first-order valence-corrected chi connectivity index (χ1v) is 11.5. The maximum atomic E-state index is 11.5. The highest BCUT2D eigenvalue weighted by atomic mass is 32.2. The molecular formula is C24H32N2O8S. The Bertz CT molecular complexity index is 936. The number of hydrogen-bond donors (Lipinski definition) is 2. The van der Waals surface area contributed by atoms with Crippen molar-refractivity contribution < 1.29 is 38.0 Å². The van der Waals surface area contributed by atoms with E-state index in [0.717, 1.165) is 20.9 Å². The summed E-state index contributed by atoms with van der Waals surface area (Å²) in [6.07, 6.45) is 0.0640. The summed E-state index contributed by atoms with van der Waals surface area (Å²) in [5.74, 6) is 2.32.